The first kappa shape index (κ1) is 37.8. The van der Waals surface area contributed by atoms with Gasteiger partial charge in [0.1, 0.15) is 30.0 Å². The Morgan fingerprint density at radius 2 is 1.61 bits per heavy atom. The number of Topliss-reactive ketones (excluding diaryl/α,β-unsaturated/α-hetero) is 2. The number of hydrogen-bond donors (Lipinski definition) is 3. The molecule has 0 unspecified atom stereocenters. The monoisotopic (exact) mass is 695 g/mol. The zero-order valence-electron chi connectivity index (χ0n) is 28.9. The standard InChI is InChI=1S/C36H47FN5O6P/c1-6-9-29(43)23(3)39-21-49(48,22-40-24(4)30(44)10-7-2)18-17-41(5)35(46)31-27-11-8-16-38-33(27)34(45)32-28(31)20-42(36(32)47)19-25-12-14-26(37)15-13-25/h8,11-16,23-24,39-40,45H,6-7,9-10,17-22H2,1-5H3/t23-,24-/m0/s1. The van der Waals surface area contributed by atoms with Crippen molar-refractivity contribution >= 4 is 41.4 Å². The van der Waals surface area contributed by atoms with E-state index in [-0.39, 0.29) is 72.3 Å². The van der Waals surface area contributed by atoms with Crippen molar-refractivity contribution in [2.24, 2.45) is 0 Å². The fourth-order valence-electron chi connectivity index (χ4n) is 5.93. The van der Waals surface area contributed by atoms with Crippen LogP contribution in [0.15, 0.2) is 42.6 Å². The summed E-state index contributed by atoms with van der Waals surface area (Å²) in [5.41, 5.74) is 1.38. The number of nitrogens with one attached hydrogen (secondary N) is 2. The van der Waals surface area contributed by atoms with Gasteiger partial charge in [-0.15, -0.1) is 0 Å². The first-order chi connectivity index (χ1) is 23.3. The maximum absolute atomic E-state index is 14.4. The molecule has 0 radical (unpaired) electrons. The van der Waals surface area contributed by atoms with Crippen LogP contribution < -0.4 is 10.6 Å². The second-order valence-corrected chi connectivity index (χ2v) is 16.1. The van der Waals surface area contributed by atoms with Gasteiger partial charge in [-0.25, -0.2) is 4.39 Å². The summed E-state index contributed by atoms with van der Waals surface area (Å²) in [6, 6.07) is 8.07. The van der Waals surface area contributed by atoms with Gasteiger partial charge in [-0.2, -0.15) is 0 Å². The van der Waals surface area contributed by atoms with Gasteiger partial charge in [-0.1, -0.05) is 32.0 Å². The van der Waals surface area contributed by atoms with E-state index in [0.717, 1.165) is 0 Å². The Morgan fingerprint density at radius 3 is 2.18 bits per heavy atom. The van der Waals surface area contributed by atoms with Crippen LogP contribution in [0.4, 0.5) is 4.39 Å². The molecule has 49 heavy (non-hydrogen) atoms. The molecule has 13 heteroatoms. The van der Waals surface area contributed by atoms with Crippen molar-refractivity contribution in [2.45, 2.75) is 78.6 Å². The summed E-state index contributed by atoms with van der Waals surface area (Å²) in [5, 5.41) is 17.8. The molecule has 264 valence electrons. The van der Waals surface area contributed by atoms with Crippen molar-refractivity contribution in [2.75, 3.05) is 32.3 Å². The lowest BCUT2D eigenvalue weighted by atomic mass is 9.95. The quantitative estimate of drug-likeness (QED) is 0.151. The van der Waals surface area contributed by atoms with E-state index in [0.29, 0.717) is 42.2 Å². The molecule has 3 N–H and O–H groups in total. The molecular formula is C36H47FN5O6P. The van der Waals surface area contributed by atoms with Gasteiger partial charge in [0.25, 0.3) is 11.8 Å². The minimum Gasteiger partial charge on any atom is -0.505 e. The Morgan fingerprint density at radius 1 is 1.02 bits per heavy atom. The van der Waals surface area contributed by atoms with Crippen LogP contribution in [0.1, 0.15) is 85.2 Å². The maximum atomic E-state index is 14.4. The van der Waals surface area contributed by atoms with E-state index in [4.69, 9.17) is 0 Å². The number of halogens is 1. The van der Waals surface area contributed by atoms with Crippen molar-refractivity contribution in [1.29, 1.82) is 0 Å². The van der Waals surface area contributed by atoms with Crippen LogP contribution >= 0.6 is 7.14 Å². The lowest BCUT2D eigenvalue weighted by molar-refractivity contribution is -0.121. The molecule has 0 saturated heterocycles. The average molecular weight is 696 g/mol. The first-order valence-corrected chi connectivity index (χ1v) is 19.1. The minimum atomic E-state index is -3.13. The Bertz CT molecular complexity index is 1720. The Hall–Kier alpha value is -3.99. The molecule has 1 aliphatic heterocycles. The summed E-state index contributed by atoms with van der Waals surface area (Å²) >= 11 is 0. The second-order valence-electron chi connectivity index (χ2n) is 12.9. The molecular weight excluding hydrogens is 648 g/mol. The number of nitrogens with zero attached hydrogens (tertiary/aromatic N) is 3. The average Bonchev–Trinajstić information content (AvgIpc) is 3.41. The molecule has 0 fully saturated rings. The molecule has 2 atom stereocenters. The summed E-state index contributed by atoms with van der Waals surface area (Å²) in [6.07, 6.45) is 3.87. The summed E-state index contributed by atoms with van der Waals surface area (Å²) in [6.45, 7) is 7.58. The van der Waals surface area contributed by atoms with Crippen molar-refractivity contribution < 1.29 is 33.2 Å². The third-order valence-electron chi connectivity index (χ3n) is 9.01. The summed E-state index contributed by atoms with van der Waals surface area (Å²) in [4.78, 5) is 60.0. The number of carbonyl (C=O) groups excluding carboxylic acids is 4. The van der Waals surface area contributed by atoms with Crippen LogP contribution in [0, 0.1) is 5.82 Å². The fourth-order valence-corrected chi connectivity index (χ4v) is 8.24. The molecule has 4 rings (SSSR count). The number of pyridine rings is 1. The van der Waals surface area contributed by atoms with Crippen molar-refractivity contribution in [3.63, 3.8) is 0 Å². The Balaban J connectivity index is 1.59. The van der Waals surface area contributed by atoms with E-state index in [1.165, 1.54) is 28.1 Å². The van der Waals surface area contributed by atoms with Gasteiger partial charge in [0, 0.05) is 62.8 Å². The third kappa shape index (κ3) is 8.98. The van der Waals surface area contributed by atoms with Crippen LogP contribution in [-0.2, 0) is 27.2 Å². The number of phenols is 1. The highest BCUT2D eigenvalue weighted by Crippen LogP contribution is 2.44. The zero-order chi connectivity index (χ0) is 35.9. The van der Waals surface area contributed by atoms with E-state index >= 15 is 0 Å². The van der Waals surface area contributed by atoms with Crippen LogP contribution in [0.3, 0.4) is 0 Å². The lowest BCUT2D eigenvalue weighted by Gasteiger charge is -2.26. The molecule has 0 saturated carbocycles. The number of rotatable bonds is 18. The molecule has 1 aliphatic rings. The molecule has 0 spiro atoms. The summed E-state index contributed by atoms with van der Waals surface area (Å²) in [7, 11) is -1.54. The van der Waals surface area contributed by atoms with E-state index in [2.05, 4.69) is 15.6 Å². The van der Waals surface area contributed by atoms with Gasteiger partial charge in [-0.05, 0) is 50.5 Å². The minimum absolute atomic E-state index is 0.000557. The molecule has 11 nitrogen and oxygen atoms in total. The Kier molecular flexibility index (Phi) is 12.8. The van der Waals surface area contributed by atoms with Gasteiger partial charge in [0.15, 0.2) is 5.75 Å². The number of ketones is 2. The molecule has 2 heterocycles. The highest BCUT2D eigenvalue weighted by Gasteiger charge is 2.37. The van der Waals surface area contributed by atoms with Gasteiger partial charge in [-0.3, -0.25) is 24.2 Å². The van der Waals surface area contributed by atoms with Crippen LogP contribution in [0.5, 0.6) is 5.75 Å². The highest BCUT2D eigenvalue weighted by atomic mass is 31.2. The smallest absolute Gasteiger partial charge is 0.258 e. The van der Waals surface area contributed by atoms with Crippen molar-refractivity contribution in [3.8, 4) is 5.75 Å². The predicted molar refractivity (Wildman–Crippen MR) is 188 cm³/mol. The molecule has 0 bridgehead atoms. The lowest BCUT2D eigenvalue weighted by Crippen LogP contribution is -2.40. The molecule has 2 amide bonds. The molecule has 0 aliphatic carbocycles. The summed E-state index contributed by atoms with van der Waals surface area (Å²) in [5.74, 6) is -1.58. The zero-order valence-corrected chi connectivity index (χ0v) is 29.8. The van der Waals surface area contributed by atoms with Gasteiger partial charge >= 0.3 is 0 Å². The topological polar surface area (TPSA) is 149 Å². The highest BCUT2D eigenvalue weighted by molar-refractivity contribution is 7.63. The van der Waals surface area contributed by atoms with Gasteiger partial charge in [0.2, 0.25) is 0 Å². The van der Waals surface area contributed by atoms with Crippen LogP contribution in [0.25, 0.3) is 10.9 Å². The van der Waals surface area contributed by atoms with E-state index in [9.17, 15) is 33.2 Å². The van der Waals surface area contributed by atoms with E-state index in [1.54, 1.807) is 45.2 Å². The predicted octanol–water partition coefficient (Wildman–Crippen LogP) is 5.28. The second kappa shape index (κ2) is 16.6. The van der Waals surface area contributed by atoms with E-state index < -0.39 is 36.9 Å². The maximum Gasteiger partial charge on any atom is 0.258 e. The number of aromatic hydroxyl groups is 1. The van der Waals surface area contributed by atoms with Crippen LogP contribution in [0.2, 0.25) is 0 Å². The van der Waals surface area contributed by atoms with Gasteiger partial charge < -0.3 is 30.1 Å². The van der Waals surface area contributed by atoms with Gasteiger partial charge in [0.05, 0.1) is 35.8 Å². The van der Waals surface area contributed by atoms with E-state index in [1.807, 2.05) is 13.8 Å². The number of benzene rings is 2. The third-order valence-corrected chi connectivity index (χ3v) is 11.5. The fraction of sp³-hybridized carbons (Fsp3) is 0.472. The largest absolute Gasteiger partial charge is 0.505 e. The molecule has 1 aromatic heterocycles. The SMILES string of the molecule is CCCC(=O)[C@H](C)NCP(=O)(CCN(C)C(=O)c1c2c(c(O)c3ncccc13)C(=O)N(Cc1ccc(F)cc1)C2)CN[C@@H](C)C(=O)CCC. The van der Waals surface area contributed by atoms with Crippen molar-refractivity contribution in [1.82, 2.24) is 25.4 Å². The molecule has 3 aromatic rings. The number of phenolic OH excluding ortho intramolecular Hbond substituents is 1. The molecule has 2 aromatic carbocycles. The number of amides is 2. The number of hydrogen-bond acceptors (Lipinski definition) is 9. The van der Waals surface area contributed by atoms with Crippen molar-refractivity contribution in [3.05, 3.63) is 70.7 Å². The number of aromatic nitrogens is 1. The number of fused-ring (bicyclic) bond motifs is 2. The van der Waals surface area contributed by atoms with Crippen LogP contribution in [-0.4, -0.2) is 87.7 Å². The first-order valence-electron chi connectivity index (χ1n) is 16.8. The normalized spacial score (nSPS) is 14.2. The summed E-state index contributed by atoms with van der Waals surface area (Å²) < 4.78 is 27.9. The number of carbonyl (C=O) groups is 4. The Labute approximate surface area is 287 Å².